The van der Waals surface area contributed by atoms with Crippen LogP contribution in [0.1, 0.15) is 5.56 Å². The van der Waals surface area contributed by atoms with Crippen LogP contribution in [0.2, 0.25) is 0 Å². The number of rotatable bonds is 1. The molecule has 6 heteroatoms. The molecule has 1 aromatic rings. The lowest BCUT2D eigenvalue weighted by molar-refractivity contribution is -0.132. The molecular formula is C11H10N2O2S2. The van der Waals surface area contributed by atoms with E-state index in [1.165, 1.54) is 21.1 Å². The Balaban J connectivity index is 2.43. The molecule has 1 saturated heterocycles. The second-order valence-electron chi connectivity index (χ2n) is 3.63. The summed E-state index contributed by atoms with van der Waals surface area (Å²) in [6.07, 6.45) is 1.59. The van der Waals surface area contributed by atoms with Gasteiger partial charge in [0.2, 0.25) is 0 Å². The van der Waals surface area contributed by atoms with Gasteiger partial charge in [0.25, 0.3) is 11.8 Å². The molecule has 0 saturated carbocycles. The summed E-state index contributed by atoms with van der Waals surface area (Å²) in [5.41, 5.74) is 0.989. The van der Waals surface area contributed by atoms with Gasteiger partial charge in [0, 0.05) is 14.1 Å². The Morgan fingerprint density at radius 2 is 1.82 bits per heavy atom. The zero-order valence-electron chi connectivity index (χ0n) is 9.34. The second kappa shape index (κ2) is 4.38. The maximum absolute atomic E-state index is 11.9. The molecule has 0 aromatic carbocycles. The summed E-state index contributed by atoms with van der Waals surface area (Å²) in [4.78, 5) is 26.5. The number of thiophene rings is 1. The molecule has 1 aliphatic heterocycles. The third-order valence-corrected chi connectivity index (χ3v) is 3.75. The molecular weight excluding hydrogens is 256 g/mol. The summed E-state index contributed by atoms with van der Waals surface area (Å²) in [5.74, 6) is -0.714. The maximum Gasteiger partial charge on any atom is 0.265 e. The molecule has 88 valence electrons. The van der Waals surface area contributed by atoms with E-state index in [1.54, 1.807) is 20.2 Å². The van der Waals surface area contributed by atoms with E-state index in [2.05, 4.69) is 0 Å². The van der Waals surface area contributed by atoms with E-state index in [0.29, 0.717) is 0 Å². The van der Waals surface area contributed by atoms with E-state index in [1.807, 2.05) is 16.8 Å². The van der Waals surface area contributed by atoms with Gasteiger partial charge in [0.05, 0.1) is 0 Å². The summed E-state index contributed by atoms with van der Waals surface area (Å²) in [6, 6.07) is 1.85. The van der Waals surface area contributed by atoms with Crippen LogP contribution in [-0.2, 0) is 9.59 Å². The van der Waals surface area contributed by atoms with Gasteiger partial charge < -0.3 is 0 Å². The summed E-state index contributed by atoms with van der Waals surface area (Å²) < 4.78 is 0. The molecule has 0 aliphatic carbocycles. The number of hydrogen-bond acceptors (Lipinski definition) is 4. The molecule has 17 heavy (non-hydrogen) atoms. The van der Waals surface area contributed by atoms with Crippen LogP contribution in [0.15, 0.2) is 22.4 Å². The highest BCUT2D eigenvalue weighted by molar-refractivity contribution is 7.80. The highest BCUT2D eigenvalue weighted by Crippen LogP contribution is 2.18. The molecule has 0 bridgehead atoms. The lowest BCUT2D eigenvalue weighted by Crippen LogP contribution is -2.52. The molecule has 0 unspecified atom stereocenters. The summed E-state index contributed by atoms with van der Waals surface area (Å²) in [7, 11) is 3.13. The van der Waals surface area contributed by atoms with E-state index in [4.69, 9.17) is 12.2 Å². The molecule has 1 aromatic heterocycles. The first kappa shape index (κ1) is 11.9. The Labute approximate surface area is 108 Å². The van der Waals surface area contributed by atoms with Crippen LogP contribution < -0.4 is 0 Å². The molecule has 2 heterocycles. The Hall–Kier alpha value is -1.53. The van der Waals surface area contributed by atoms with Crippen LogP contribution in [0.5, 0.6) is 0 Å². The van der Waals surface area contributed by atoms with Gasteiger partial charge in [0.1, 0.15) is 5.57 Å². The lowest BCUT2D eigenvalue weighted by Gasteiger charge is -2.31. The highest BCUT2D eigenvalue weighted by Gasteiger charge is 2.35. The van der Waals surface area contributed by atoms with Crippen LogP contribution in [0.3, 0.4) is 0 Å². The topological polar surface area (TPSA) is 40.6 Å². The fraction of sp³-hybridized carbons (Fsp3) is 0.182. The minimum atomic E-state index is -0.357. The molecule has 4 nitrogen and oxygen atoms in total. The van der Waals surface area contributed by atoms with Crippen molar-refractivity contribution in [3.05, 3.63) is 28.0 Å². The van der Waals surface area contributed by atoms with Gasteiger partial charge in [0.15, 0.2) is 5.11 Å². The molecule has 0 atom stereocenters. The molecule has 1 aliphatic rings. The number of amides is 2. The minimum absolute atomic E-state index is 0.141. The molecule has 0 N–H and O–H groups in total. The van der Waals surface area contributed by atoms with Crippen molar-refractivity contribution in [1.29, 1.82) is 0 Å². The van der Waals surface area contributed by atoms with Gasteiger partial charge in [-0.2, -0.15) is 11.3 Å². The van der Waals surface area contributed by atoms with Crippen molar-refractivity contribution in [2.24, 2.45) is 0 Å². The van der Waals surface area contributed by atoms with Crippen LogP contribution in [0.4, 0.5) is 0 Å². The molecule has 1 fully saturated rings. The Kier molecular flexibility index (Phi) is 3.08. The Morgan fingerprint density at radius 1 is 1.24 bits per heavy atom. The quantitative estimate of drug-likeness (QED) is 0.437. The third-order valence-electron chi connectivity index (χ3n) is 2.50. The first-order chi connectivity index (χ1) is 8.02. The van der Waals surface area contributed by atoms with Crippen LogP contribution in [-0.4, -0.2) is 40.8 Å². The van der Waals surface area contributed by atoms with Gasteiger partial charge in [-0.25, -0.2) is 0 Å². The minimum Gasteiger partial charge on any atom is -0.288 e. The summed E-state index contributed by atoms with van der Waals surface area (Å²) in [5, 5.41) is 3.99. The monoisotopic (exact) mass is 266 g/mol. The van der Waals surface area contributed by atoms with Crippen molar-refractivity contribution in [2.75, 3.05) is 14.1 Å². The summed E-state index contributed by atoms with van der Waals surface area (Å²) >= 11 is 6.50. The third kappa shape index (κ3) is 2.01. The van der Waals surface area contributed by atoms with Crippen LogP contribution in [0.25, 0.3) is 6.08 Å². The number of nitrogens with zero attached hydrogens (tertiary/aromatic N) is 2. The first-order valence-electron chi connectivity index (χ1n) is 4.86. The molecule has 2 amide bonds. The Bertz CT molecular complexity index is 494. The van der Waals surface area contributed by atoms with Crippen molar-refractivity contribution in [3.8, 4) is 0 Å². The normalized spacial score (nSPS) is 16.8. The van der Waals surface area contributed by atoms with Crippen molar-refractivity contribution in [2.45, 2.75) is 0 Å². The van der Waals surface area contributed by atoms with Gasteiger partial charge in [-0.15, -0.1) is 0 Å². The maximum atomic E-state index is 11.9. The zero-order chi connectivity index (χ0) is 12.6. The predicted octanol–water partition coefficient (Wildman–Crippen LogP) is 1.35. The predicted molar refractivity (Wildman–Crippen MR) is 70.4 cm³/mol. The number of thiocarbonyl (C=S) groups is 1. The van der Waals surface area contributed by atoms with Gasteiger partial charge >= 0.3 is 0 Å². The van der Waals surface area contributed by atoms with Gasteiger partial charge in [-0.05, 0) is 40.7 Å². The first-order valence-corrected chi connectivity index (χ1v) is 6.21. The van der Waals surface area contributed by atoms with E-state index in [0.717, 1.165) is 5.56 Å². The molecule has 0 spiro atoms. The number of carbonyl (C=O) groups excluding carboxylic acids is 2. The van der Waals surface area contributed by atoms with Crippen LogP contribution in [0, 0.1) is 0 Å². The molecule has 0 radical (unpaired) electrons. The number of hydrogen-bond donors (Lipinski definition) is 0. The average molecular weight is 266 g/mol. The number of likely N-dealkylation sites (N-methyl/N-ethyl adjacent to an activating group) is 2. The van der Waals surface area contributed by atoms with E-state index >= 15 is 0 Å². The standard InChI is InChI=1S/C11H10N2O2S2/c1-12-9(14)8(5-7-3-4-17-6-7)10(15)13(2)11(12)16/h3-6H,1-2H3. The lowest BCUT2D eigenvalue weighted by atomic mass is 10.1. The average Bonchev–Trinajstić information content (AvgIpc) is 2.82. The number of carbonyl (C=O) groups is 2. The zero-order valence-corrected chi connectivity index (χ0v) is 11.0. The van der Waals surface area contributed by atoms with E-state index < -0.39 is 0 Å². The van der Waals surface area contributed by atoms with Gasteiger partial charge in [-0.3, -0.25) is 19.4 Å². The van der Waals surface area contributed by atoms with Crippen molar-refractivity contribution in [1.82, 2.24) is 9.80 Å². The largest absolute Gasteiger partial charge is 0.288 e. The fourth-order valence-corrected chi connectivity index (χ4v) is 2.28. The van der Waals surface area contributed by atoms with E-state index in [-0.39, 0.29) is 22.5 Å². The van der Waals surface area contributed by atoms with Crippen molar-refractivity contribution >= 4 is 46.6 Å². The van der Waals surface area contributed by atoms with Crippen LogP contribution >= 0.6 is 23.6 Å². The van der Waals surface area contributed by atoms with E-state index in [9.17, 15) is 9.59 Å². The SMILES string of the molecule is CN1C(=O)C(=Cc2ccsc2)C(=O)N(C)C1=S. The Morgan fingerprint density at radius 3 is 2.29 bits per heavy atom. The smallest absolute Gasteiger partial charge is 0.265 e. The van der Waals surface area contributed by atoms with Gasteiger partial charge in [-0.1, -0.05) is 0 Å². The highest BCUT2D eigenvalue weighted by atomic mass is 32.1. The van der Waals surface area contributed by atoms with Crippen molar-refractivity contribution in [3.63, 3.8) is 0 Å². The summed E-state index contributed by atoms with van der Waals surface area (Å²) in [6.45, 7) is 0. The van der Waals surface area contributed by atoms with Crippen molar-refractivity contribution < 1.29 is 9.59 Å². The molecule has 2 rings (SSSR count). The second-order valence-corrected chi connectivity index (χ2v) is 4.77. The fourth-order valence-electron chi connectivity index (χ4n) is 1.50.